The van der Waals surface area contributed by atoms with Crippen molar-refractivity contribution in [2.75, 3.05) is 11.4 Å². The molecule has 1 N–H and O–H groups in total. The first-order chi connectivity index (χ1) is 13.6. The fourth-order valence-electron chi connectivity index (χ4n) is 4.47. The van der Waals surface area contributed by atoms with Crippen molar-refractivity contribution in [2.24, 2.45) is 11.8 Å². The number of fused-ring (bicyclic) bond motifs is 1. The van der Waals surface area contributed by atoms with Crippen molar-refractivity contribution >= 4 is 29.1 Å². The molecule has 1 saturated carbocycles. The number of para-hydroxylation sites is 1. The Morgan fingerprint density at radius 1 is 1.04 bits per heavy atom. The van der Waals surface area contributed by atoms with Crippen LogP contribution in [0.5, 0.6) is 0 Å². The number of hydrogen-bond donors (Lipinski definition) is 1. The smallest absolute Gasteiger partial charge is 0.230 e. The summed E-state index contributed by atoms with van der Waals surface area (Å²) in [6.45, 7) is 1.15. The summed E-state index contributed by atoms with van der Waals surface area (Å²) >= 11 is 6.02. The van der Waals surface area contributed by atoms with Gasteiger partial charge in [-0.25, -0.2) is 0 Å². The molecule has 5 heteroatoms. The van der Waals surface area contributed by atoms with Crippen LogP contribution in [-0.2, 0) is 22.6 Å². The number of anilines is 1. The molecule has 0 aromatic heterocycles. The number of amides is 2. The van der Waals surface area contributed by atoms with Gasteiger partial charge < -0.3 is 10.2 Å². The van der Waals surface area contributed by atoms with Crippen LogP contribution in [0, 0.1) is 11.8 Å². The molecule has 146 valence electrons. The highest BCUT2D eigenvalue weighted by atomic mass is 35.5. The topological polar surface area (TPSA) is 49.4 Å². The summed E-state index contributed by atoms with van der Waals surface area (Å²) < 4.78 is 0. The summed E-state index contributed by atoms with van der Waals surface area (Å²) in [5.74, 6) is -0.412. The number of carbonyl (C=O) groups excluding carboxylic acids is 2. The second-order valence-corrected chi connectivity index (χ2v) is 8.15. The number of halogens is 1. The van der Waals surface area contributed by atoms with Gasteiger partial charge in [-0.15, -0.1) is 0 Å². The van der Waals surface area contributed by atoms with E-state index >= 15 is 0 Å². The fraction of sp³-hybridized carbons (Fsp3) is 0.391. The van der Waals surface area contributed by atoms with Gasteiger partial charge in [0.1, 0.15) is 0 Å². The Morgan fingerprint density at radius 3 is 2.64 bits per heavy atom. The minimum Gasteiger partial charge on any atom is -0.352 e. The number of carbonyl (C=O) groups is 2. The summed E-state index contributed by atoms with van der Waals surface area (Å²) in [5, 5.41) is 3.68. The number of hydrogen-bond acceptors (Lipinski definition) is 2. The van der Waals surface area contributed by atoms with Gasteiger partial charge in [0.25, 0.3) is 0 Å². The van der Waals surface area contributed by atoms with E-state index in [9.17, 15) is 9.59 Å². The zero-order valence-corrected chi connectivity index (χ0v) is 16.6. The summed E-state index contributed by atoms with van der Waals surface area (Å²) in [6.07, 6.45) is 4.44. The van der Waals surface area contributed by atoms with Crippen molar-refractivity contribution in [3.05, 3.63) is 64.7 Å². The van der Waals surface area contributed by atoms with Crippen molar-refractivity contribution in [3.63, 3.8) is 0 Å². The summed E-state index contributed by atoms with van der Waals surface area (Å²) in [6, 6.07) is 15.6. The van der Waals surface area contributed by atoms with Crippen molar-refractivity contribution in [2.45, 2.75) is 38.6 Å². The van der Waals surface area contributed by atoms with Gasteiger partial charge in [-0.2, -0.15) is 0 Å². The lowest BCUT2D eigenvalue weighted by molar-refractivity contribution is -0.135. The second kappa shape index (κ2) is 8.36. The Hall–Kier alpha value is -2.33. The van der Waals surface area contributed by atoms with Crippen LogP contribution in [0.25, 0.3) is 0 Å². The summed E-state index contributed by atoms with van der Waals surface area (Å²) in [5.41, 5.74) is 3.19. The van der Waals surface area contributed by atoms with Crippen LogP contribution in [0.3, 0.4) is 0 Å². The number of benzene rings is 2. The number of nitrogens with zero attached hydrogens (tertiary/aromatic N) is 1. The van der Waals surface area contributed by atoms with Crippen molar-refractivity contribution in [3.8, 4) is 0 Å². The summed E-state index contributed by atoms with van der Waals surface area (Å²) in [4.78, 5) is 28.1. The fourth-order valence-corrected chi connectivity index (χ4v) is 4.69. The lowest BCUT2D eigenvalue weighted by Crippen LogP contribution is -2.45. The van der Waals surface area contributed by atoms with E-state index in [1.54, 1.807) is 0 Å². The lowest BCUT2D eigenvalue weighted by Gasteiger charge is -2.32. The van der Waals surface area contributed by atoms with E-state index in [1.165, 1.54) is 5.56 Å². The van der Waals surface area contributed by atoms with Gasteiger partial charge in [-0.3, -0.25) is 9.59 Å². The molecule has 4 rings (SSSR count). The van der Waals surface area contributed by atoms with Gasteiger partial charge in [0.05, 0.1) is 5.92 Å². The molecular formula is C23H25ClN2O2. The van der Waals surface area contributed by atoms with Crippen LogP contribution in [0.4, 0.5) is 5.69 Å². The van der Waals surface area contributed by atoms with Crippen molar-refractivity contribution < 1.29 is 9.59 Å². The van der Waals surface area contributed by atoms with Gasteiger partial charge in [0.2, 0.25) is 11.8 Å². The molecule has 4 nitrogen and oxygen atoms in total. The Bertz CT molecular complexity index is 882. The van der Waals surface area contributed by atoms with Crippen LogP contribution in [-0.4, -0.2) is 18.4 Å². The Kier molecular flexibility index (Phi) is 5.67. The third-order valence-electron chi connectivity index (χ3n) is 5.93. The normalized spacial score (nSPS) is 21.2. The maximum atomic E-state index is 13.3. The molecule has 2 atom stereocenters. The first-order valence-electron chi connectivity index (χ1n) is 10.0. The van der Waals surface area contributed by atoms with Crippen LogP contribution in [0.1, 0.15) is 36.8 Å². The molecule has 0 spiro atoms. The predicted octanol–water partition coefficient (Wildman–Crippen LogP) is 4.35. The van der Waals surface area contributed by atoms with Crippen LogP contribution in [0.15, 0.2) is 48.5 Å². The largest absolute Gasteiger partial charge is 0.352 e. The van der Waals surface area contributed by atoms with Gasteiger partial charge >= 0.3 is 0 Å². The van der Waals surface area contributed by atoms with Crippen LogP contribution < -0.4 is 10.2 Å². The second-order valence-electron chi connectivity index (χ2n) is 7.71. The van der Waals surface area contributed by atoms with Crippen molar-refractivity contribution in [1.29, 1.82) is 0 Å². The highest BCUT2D eigenvalue weighted by Gasteiger charge is 2.39. The van der Waals surface area contributed by atoms with Gasteiger partial charge in [-0.1, -0.05) is 54.8 Å². The molecule has 1 aliphatic heterocycles. The monoisotopic (exact) mass is 396 g/mol. The van der Waals surface area contributed by atoms with Gasteiger partial charge in [0, 0.05) is 29.7 Å². The first-order valence-corrected chi connectivity index (χ1v) is 10.4. The maximum absolute atomic E-state index is 13.3. The van der Waals surface area contributed by atoms with Crippen molar-refractivity contribution in [1.82, 2.24) is 5.32 Å². The Labute approximate surface area is 170 Å². The minimum atomic E-state index is -0.256. The van der Waals surface area contributed by atoms with Gasteiger partial charge in [-0.05, 0) is 48.6 Å². The SMILES string of the molecule is O=C(NCc1cccc(Cl)c1)C1CCCCC1C(=O)N1CCc2ccccc21. The predicted molar refractivity (Wildman–Crippen MR) is 111 cm³/mol. The van der Waals surface area contributed by atoms with E-state index in [4.69, 9.17) is 11.6 Å². The average molecular weight is 397 g/mol. The van der Waals surface area contributed by atoms with E-state index in [0.29, 0.717) is 18.1 Å². The third-order valence-corrected chi connectivity index (χ3v) is 6.16. The standard InChI is InChI=1S/C23H25ClN2O2/c24-18-8-5-6-16(14-18)15-25-22(27)19-9-2-3-10-20(19)23(28)26-13-12-17-7-1-4-11-21(17)26/h1,4-8,11,14,19-20H,2-3,9-10,12-13,15H2,(H,25,27). The van der Waals surface area contributed by atoms with Crippen LogP contribution in [0.2, 0.25) is 5.02 Å². The minimum absolute atomic E-state index is 0.0227. The maximum Gasteiger partial charge on any atom is 0.230 e. The molecule has 1 aliphatic carbocycles. The Morgan fingerprint density at radius 2 is 1.82 bits per heavy atom. The van der Waals surface area contributed by atoms with Crippen LogP contribution >= 0.6 is 11.6 Å². The molecule has 0 saturated heterocycles. The molecule has 1 fully saturated rings. The number of nitrogens with one attached hydrogen (secondary N) is 1. The summed E-state index contributed by atoms with van der Waals surface area (Å²) in [7, 11) is 0. The average Bonchev–Trinajstić information content (AvgIpc) is 3.16. The Balaban J connectivity index is 1.45. The number of rotatable bonds is 4. The highest BCUT2D eigenvalue weighted by Crippen LogP contribution is 2.36. The van der Waals surface area contributed by atoms with Gasteiger partial charge in [0.15, 0.2) is 0 Å². The molecular weight excluding hydrogens is 372 g/mol. The molecule has 2 aromatic carbocycles. The molecule has 0 radical (unpaired) electrons. The third kappa shape index (κ3) is 3.93. The van der Waals surface area contributed by atoms with E-state index < -0.39 is 0 Å². The zero-order chi connectivity index (χ0) is 19.5. The highest BCUT2D eigenvalue weighted by molar-refractivity contribution is 6.30. The van der Waals surface area contributed by atoms with E-state index in [-0.39, 0.29) is 23.7 Å². The molecule has 2 aliphatic rings. The zero-order valence-electron chi connectivity index (χ0n) is 15.9. The van der Waals surface area contributed by atoms with E-state index in [2.05, 4.69) is 11.4 Å². The molecule has 1 heterocycles. The van der Waals surface area contributed by atoms with E-state index in [0.717, 1.165) is 43.4 Å². The molecule has 0 bridgehead atoms. The molecule has 2 unspecified atom stereocenters. The quantitative estimate of drug-likeness (QED) is 0.835. The van der Waals surface area contributed by atoms with E-state index in [1.807, 2.05) is 47.4 Å². The lowest BCUT2D eigenvalue weighted by atomic mass is 9.77. The molecule has 2 amide bonds. The molecule has 28 heavy (non-hydrogen) atoms. The molecule has 2 aromatic rings. The first kappa shape index (κ1) is 19.0.